The van der Waals surface area contributed by atoms with Crippen molar-refractivity contribution in [3.63, 3.8) is 0 Å². The highest BCUT2D eigenvalue weighted by molar-refractivity contribution is 6.03. The second-order valence-corrected chi connectivity index (χ2v) is 9.61. The number of carbonyl (C=O) groups excluding carboxylic acids is 1. The van der Waals surface area contributed by atoms with Gasteiger partial charge in [0.1, 0.15) is 11.9 Å². The van der Waals surface area contributed by atoms with E-state index in [1.54, 1.807) is 27.2 Å². The molecule has 2 rings (SSSR count). The van der Waals surface area contributed by atoms with Crippen molar-refractivity contribution < 1.29 is 29.6 Å². The summed E-state index contributed by atoms with van der Waals surface area (Å²) < 4.78 is 11.2. The van der Waals surface area contributed by atoms with Gasteiger partial charge in [0, 0.05) is 37.5 Å². The monoisotopic (exact) mass is 475 g/mol. The molecule has 7 nitrogen and oxygen atoms in total. The summed E-state index contributed by atoms with van der Waals surface area (Å²) in [7, 11) is 3.15. The lowest BCUT2D eigenvalue weighted by molar-refractivity contribution is -0.112. The van der Waals surface area contributed by atoms with Gasteiger partial charge in [0.25, 0.3) is 5.91 Å². The van der Waals surface area contributed by atoms with Crippen molar-refractivity contribution >= 4 is 11.6 Å². The minimum Gasteiger partial charge on any atom is -0.508 e. The van der Waals surface area contributed by atoms with Crippen molar-refractivity contribution in [2.45, 2.75) is 77.8 Å². The summed E-state index contributed by atoms with van der Waals surface area (Å²) in [5.41, 5.74) is 2.69. The molecule has 1 aromatic rings. The van der Waals surface area contributed by atoms with Crippen LogP contribution in [0.15, 0.2) is 41.5 Å². The molecule has 1 heterocycles. The highest BCUT2D eigenvalue weighted by Crippen LogP contribution is 2.27. The van der Waals surface area contributed by atoms with E-state index in [2.05, 4.69) is 12.2 Å². The van der Waals surface area contributed by atoms with Crippen LogP contribution in [0.1, 0.15) is 52.5 Å². The molecule has 1 aliphatic heterocycles. The molecule has 2 bridgehead atoms. The lowest BCUT2D eigenvalue weighted by Gasteiger charge is -2.29. The normalized spacial score (nSPS) is 33.4. The van der Waals surface area contributed by atoms with Gasteiger partial charge >= 0.3 is 0 Å². The molecular weight excluding hydrogens is 434 g/mol. The van der Waals surface area contributed by atoms with Crippen LogP contribution < -0.4 is 5.32 Å². The second-order valence-electron chi connectivity index (χ2n) is 9.61. The first-order valence-electron chi connectivity index (χ1n) is 12.0. The van der Waals surface area contributed by atoms with Crippen molar-refractivity contribution in [1.82, 2.24) is 0 Å². The molecule has 0 fully saturated rings. The van der Waals surface area contributed by atoms with E-state index in [0.717, 1.165) is 11.1 Å². The predicted octanol–water partition coefficient (Wildman–Crippen LogP) is 3.97. The van der Waals surface area contributed by atoms with Crippen LogP contribution in [0.5, 0.6) is 5.75 Å². The number of hydrogen-bond donors (Lipinski definition) is 4. The third-order valence-electron chi connectivity index (χ3n) is 6.58. The average molecular weight is 476 g/mol. The molecule has 34 heavy (non-hydrogen) atoms. The van der Waals surface area contributed by atoms with E-state index in [0.29, 0.717) is 36.9 Å². The Morgan fingerprint density at radius 3 is 2.35 bits per heavy atom. The number of phenolic OH excluding ortho intramolecular Hbond substituents is 1. The summed E-state index contributed by atoms with van der Waals surface area (Å²) in [6.07, 6.45) is 3.62. The van der Waals surface area contributed by atoms with Crippen molar-refractivity contribution in [1.29, 1.82) is 0 Å². The average Bonchev–Trinajstić information content (AvgIpc) is 2.78. The maximum absolute atomic E-state index is 12.7. The third kappa shape index (κ3) is 7.94. The third-order valence-corrected chi connectivity index (χ3v) is 6.58. The van der Waals surface area contributed by atoms with Crippen LogP contribution in [0.4, 0.5) is 5.69 Å². The SMILES string of the molecule is CO[C@H]1CC/C=C(/C)C(=O)Nc2cc(O)cc(c2)C[C@@H](C)C[C@H](OC)[C@H](O)C(C)/C=C(/C)[C@H]1O. The van der Waals surface area contributed by atoms with Gasteiger partial charge in [0.05, 0.1) is 18.3 Å². The van der Waals surface area contributed by atoms with Crippen LogP contribution in [-0.4, -0.2) is 59.9 Å². The molecule has 6 atom stereocenters. The number of phenols is 1. The number of rotatable bonds is 2. The zero-order valence-electron chi connectivity index (χ0n) is 21.2. The molecule has 4 N–H and O–H groups in total. The predicted molar refractivity (Wildman–Crippen MR) is 134 cm³/mol. The first-order chi connectivity index (χ1) is 16.0. The van der Waals surface area contributed by atoms with E-state index in [1.807, 2.05) is 32.1 Å². The van der Waals surface area contributed by atoms with Crippen molar-refractivity contribution in [3.8, 4) is 5.75 Å². The smallest absolute Gasteiger partial charge is 0.250 e. The molecule has 7 heteroatoms. The number of aliphatic hydroxyl groups is 2. The van der Waals surface area contributed by atoms with Crippen LogP contribution in [0.3, 0.4) is 0 Å². The molecule has 1 unspecified atom stereocenters. The fourth-order valence-corrected chi connectivity index (χ4v) is 4.56. The zero-order chi connectivity index (χ0) is 25.4. The number of ether oxygens (including phenoxy) is 2. The number of fused-ring (bicyclic) bond motifs is 2. The number of benzene rings is 1. The molecule has 0 aromatic heterocycles. The molecule has 0 spiro atoms. The van der Waals surface area contributed by atoms with Gasteiger partial charge in [-0.2, -0.15) is 0 Å². The minimum absolute atomic E-state index is 0.0852. The number of aliphatic hydroxyl groups excluding tert-OH is 2. The number of hydrogen-bond acceptors (Lipinski definition) is 6. The van der Waals surface area contributed by atoms with Gasteiger partial charge in [-0.25, -0.2) is 0 Å². The van der Waals surface area contributed by atoms with Gasteiger partial charge in [-0.3, -0.25) is 4.79 Å². The van der Waals surface area contributed by atoms with E-state index >= 15 is 0 Å². The first kappa shape index (κ1) is 28.1. The summed E-state index contributed by atoms with van der Waals surface area (Å²) in [6.45, 7) is 7.55. The van der Waals surface area contributed by atoms with E-state index in [4.69, 9.17) is 9.47 Å². The van der Waals surface area contributed by atoms with E-state index < -0.39 is 24.4 Å². The summed E-state index contributed by atoms with van der Waals surface area (Å²) >= 11 is 0. The van der Waals surface area contributed by atoms with Crippen molar-refractivity contribution in [2.75, 3.05) is 19.5 Å². The lowest BCUT2D eigenvalue weighted by atomic mass is 9.88. The maximum Gasteiger partial charge on any atom is 0.250 e. The molecule has 1 aliphatic rings. The van der Waals surface area contributed by atoms with Crippen molar-refractivity contribution in [2.24, 2.45) is 11.8 Å². The quantitative estimate of drug-likeness (QED) is 0.482. The fraction of sp³-hybridized carbons (Fsp3) is 0.593. The van der Waals surface area contributed by atoms with Crippen LogP contribution >= 0.6 is 0 Å². The molecule has 0 radical (unpaired) electrons. The van der Waals surface area contributed by atoms with Crippen LogP contribution in [0.2, 0.25) is 0 Å². The summed E-state index contributed by atoms with van der Waals surface area (Å²) in [6, 6.07) is 5.08. The van der Waals surface area contributed by atoms with Gasteiger partial charge in [-0.1, -0.05) is 26.0 Å². The van der Waals surface area contributed by atoms with Gasteiger partial charge in [-0.05, 0) is 68.7 Å². The highest BCUT2D eigenvalue weighted by Gasteiger charge is 2.27. The number of amides is 1. The number of anilines is 1. The number of allylic oxidation sites excluding steroid dienone is 1. The molecule has 190 valence electrons. The fourth-order valence-electron chi connectivity index (χ4n) is 4.56. The maximum atomic E-state index is 12.7. The summed E-state index contributed by atoms with van der Waals surface area (Å²) in [5.74, 6) is -0.247. The minimum atomic E-state index is -0.825. The molecule has 1 amide bonds. The standard InChI is InChI=1S/C27H41NO6/c1-16-10-20-13-21(15-22(29)14-20)28-27(32)17(2)8-7-9-23(33-5)25(30)18(3)12-19(4)26(31)24(11-16)34-6/h8,12-16,19,23-26,29-31H,7,9-11H2,1-6H3,(H,28,32)/b17-8-,18-12-/t16-,19?,23+,24+,25-,26-/m1/s1. The topological polar surface area (TPSA) is 108 Å². The largest absolute Gasteiger partial charge is 0.508 e. The number of nitrogens with one attached hydrogen (secondary N) is 1. The van der Waals surface area contributed by atoms with E-state index in [9.17, 15) is 20.1 Å². The van der Waals surface area contributed by atoms with Crippen LogP contribution in [0.25, 0.3) is 0 Å². The van der Waals surface area contributed by atoms with E-state index in [-0.39, 0.29) is 23.5 Å². The Kier molecular flexibility index (Phi) is 10.8. The van der Waals surface area contributed by atoms with Gasteiger partial charge in [0.2, 0.25) is 0 Å². The molecule has 0 saturated heterocycles. The Morgan fingerprint density at radius 1 is 1.03 bits per heavy atom. The highest BCUT2D eigenvalue weighted by atomic mass is 16.5. The van der Waals surface area contributed by atoms with Gasteiger partial charge < -0.3 is 30.1 Å². The number of aromatic hydroxyl groups is 1. The first-order valence-corrected chi connectivity index (χ1v) is 12.0. The Labute approximate surface area is 203 Å². The van der Waals surface area contributed by atoms with Gasteiger partial charge in [-0.15, -0.1) is 0 Å². The Balaban J connectivity index is 2.39. The van der Waals surface area contributed by atoms with Crippen LogP contribution in [-0.2, 0) is 20.7 Å². The summed E-state index contributed by atoms with van der Waals surface area (Å²) in [4.78, 5) is 12.7. The van der Waals surface area contributed by atoms with Crippen LogP contribution in [0, 0.1) is 11.8 Å². The van der Waals surface area contributed by atoms with Gasteiger partial charge in [0.15, 0.2) is 0 Å². The Morgan fingerprint density at radius 2 is 1.71 bits per heavy atom. The molecule has 1 aromatic carbocycles. The van der Waals surface area contributed by atoms with Crippen molar-refractivity contribution in [3.05, 3.63) is 47.1 Å². The molecule has 0 saturated carbocycles. The molecular formula is C27H41NO6. The Bertz CT molecular complexity index is 880. The number of carbonyl (C=O) groups is 1. The number of methoxy groups -OCH3 is 2. The molecule has 0 aliphatic carbocycles. The lowest BCUT2D eigenvalue weighted by Crippen LogP contribution is -2.35. The summed E-state index contributed by atoms with van der Waals surface area (Å²) in [5, 5.41) is 34.9. The second kappa shape index (κ2) is 13.0. The Hall–Kier alpha value is -2.19. The van der Waals surface area contributed by atoms with E-state index in [1.165, 1.54) is 6.07 Å². The zero-order valence-corrected chi connectivity index (χ0v) is 21.2.